The van der Waals surface area contributed by atoms with Gasteiger partial charge in [0.15, 0.2) is 11.5 Å². The Bertz CT molecular complexity index is 763. The van der Waals surface area contributed by atoms with Gasteiger partial charge in [0.25, 0.3) is 5.91 Å². The van der Waals surface area contributed by atoms with E-state index in [-0.39, 0.29) is 31.4 Å². The minimum absolute atomic E-state index is 0.110. The van der Waals surface area contributed by atoms with E-state index >= 15 is 0 Å². The van der Waals surface area contributed by atoms with Crippen molar-refractivity contribution in [1.82, 2.24) is 5.32 Å². The Labute approximate surface area is 157 Å². The van der Waals surface area contributed by atoms with Gasteiger partial charge in [0.1, 0.15) is 19.8 Å². The summed E-state index contributed by atoms with van der Waals surface area (Å²) in [7, 11) is 0. The predicted molar refractivity (Wildman–Crippen MR) is 96.2 cm³/mol. The number of halogens is 1. The Morgan fingerprint density at radius 3 is 2.72 bits per heavy atom. The second kappa shape index (κ2) is 8.35. The molecule has 0 saturated carbocycles. The van der Waals surface area contributed by atoms with Gasteiger partial charge in [-0.3, -0.25) is 9.59 Å². The Morgan fingerprint density at radius 2 is 2.00 bits per heavy atom. The van der Waals surface area contributed by atoms with Gasteiger partial charge >= 0.3 is 5.97 Å². The van der Waals surface area contributed by atoms with Crippen LogP contribution >= 0.6 is 27.3 Å². The molecule has 0 aliphatic carbocycles. The number of amides is 1. The normalized spacial score (nSPS) is 12.5. The third kappa shape index (κ3) is 4.73. The SMILES string of the molecule is O=C(CCNC(=O)c1cccs1)OCc1cc2c(cc1Br)OCCO2. The van der Waals surface area contributed by atoms with Crippen molar-refractivity contribution in [2.45, 2.75) is 13.0 Å². The molecule has 6 nitrogen and oxygen atoms in total. The van der Waals surface area contributed by atoms with Gasteiger partial charge in [0.2, 0.25) is 0 Å². The van der Waals surface area contributed by atoms with Gasteiger partial charge in [0.05, 0.1) is 11.3 Å². The van der Waals surface area contributed by atoms with E-state index in [1.54, 1.807) is 24.3 Å². The number of ether oxygens (including phenoxy) is 3. The zero-order valence-electron chi connectivity index (χ0n) is 13.2. The van der Waals surface area contributed by atoms with Crippen molar-refractivity contribution in [1.29, 1.82) is 0 Å². The zero-order valence-corrected chi connectivity index (χ0v) is 15.7. The van der Waals surface area contributed by atoms with Crippen molar-refractivity contribution in [3.8, 4) is 11.5 Å². The second-order valence-electron chi connectivity index (χ2n) is 5.23. The molecule has 1 aromatic heterocycles. The highest BCUT2D eigenvalue weighted by Gasteiger charge is 2.16. The summed E-state index contributed by atoms with van der Waals surface area (Å²) >= 11 is 4.79. The van der Waals surface area contributed by atoms with Crippen molar-refractivity contribution in [3.63, 3.8) is 0 Å². The van der Waals surface area contributed by atoms with Gasteiger partial charge in [-0.2, -0.15) is 0 Å². The fraction of sp³-hybridized carbons (Fsp3) is 0.294. The summed E-state index contributed by atoms with van der Waals surface area (Å²) in [4.78, 5) is 24.2. The zero-order chi connectivity index (χ0) is 17.6. The van der Waals surface area contributed by atoms with Crippen LogP contribution in [0.15, 0.2) is 34.1 Å². The molecule has 2 heterocycles. The van der Waals surface area contributed by atoms with Crippen molar-refractivity contribution < 1.29 is 23.8 Å². The molecule has 0 unspecified atom stereocenters. The molecule has 132 valence electrons. The Kier molecular flexibility index (Phi) is 5.93. The van der Waals surface area contributed by atoms with E-state index in [1.165, 1.54) is 11.3 Å². The smallest absolute Gasteiger partial charge is 0.307 e. The summed E-state index contributed by atoms with van der Waals surface area (Å²) in [6.45, 7) is 1.37. The first kappa shape index (κ1) is 17.8. The highest BCUT2D eigenvalue weighted by molar-refractivity contribution is 9.10. The Morgan fingerprint density at radius 1 is 1.24 bits per heavy atom. The van der Waals surface area contributed by atoms with Crippen molar-refractivity contribution in [2.75, 3.05) is 19.8 Å². The number of carbonyl (C=O) groups is 2. The van der Waals surface area contributed by atoms with E-state index in [2.05, 4.69) is 21.2 Å². The molecule has 0 spiro atoms. The van der Waals surface area contributed by atoms with Crippen LogP contribution in [-0.2, 0) is 16.1 Å². The standard InChI is InChI=1S/C17H16BrNO5S/c18-12-9-14-13(22-5-6-23-14)8-11(12)10-24-16(20)3-4-19-17(21)15-2-1-7-25-15/h1-2,7-9H,3-6,10H2,(H,19,21). The average Bonchev–Trinajstić information content (AvgIpc) is 3.14. The molecule has 0 atom stereocenters. The van der Waals surface area contributed by atoms with Gasteiger partial charge < -0.3 is 19.5 Å². The largest absolute Gasteiger partial charge is 0.486 e. The molecule has 0 bridgehead atoms. The number of hydrogen-bond donors (Lipinski definition) is 1. The highest BCUT2D eigenvalue weighted by Crippen LogP contribution is 2.35. The van der Waals surface area contributed by atoms with Crippen molar-refractivity contribution >= 4 is 39.1 Å². The molecule has 8 heteroatoms. The molecule has 1 aliphatic heterocycles. The first-order chi connectivity index (χ1) is 12.1. The summed E-state index contributed by atoms with van der Waals surface area (Å²) < 4.78 is 17.1. The van der Waals surface area contributed by atoms with Crippen LogP contribution in [0.4, 0.5) is 0 Å². The summed E-state index contributed by atoms with van der Waals surface area (Å²) in [5.41, 5.74) is 0.792. The van der Waals surface area contributed by atoms with Crippen LogP contribution < -0.4 is 14.8 Å². The molecule has 0 fully saturated rings. The lowest BCUT2D eigenvalue weighted by Gasteiger charge is -2.19. The van der Waals surface area contributed by atoms with Crippen LogP contribution in [0.5, 0.6) is 11.5 Å². The lowest BCUT2D eigenvalue weighted by Crippen LogP contribution is -2.25. The number of rotatable bonds is 6. The maximum Gasteiger partial charge on any atom is 0.307 e. The van der Waals surface area contributed by atoms with Crippen molar-refractivity contribution in [2.24, 2.45) is 0 Å². The Balaban J connectivity index is 1.45. The fourth-order valence-corrected chi connectivity index (χ4v) is 3.30. The monoisotopic (exact) mass is 425 g/mol. The van der Waals surface area contributed by atoms with E-state index in [1.807, 2.05) is 5.38 Å². The van der Waals surface area contributed by atoms with Crippen LogP contribution in [0.1, 0.15) is 21.7 Å². The number of hydrogen-bond acceptors (Lipinski definition) is 6. The Hall–Kier alpha value is -2.06. The molecule has 0 saturated heterocycles. The number of carbonyl (C=O) groups excluding carboxylic acids is 2. The van der Waals surface area contributed by atoms with Crippen LogP contribution in [0, 0.1) is 0 Å². The maximum absolute atomic E-state index is 11.8. The third-order valence-corrected chi connectivity index (χ3v) is 5.07. The number of fused-ring (bicyclic) bond motifs is 1. The molecule has 1 N–H and O–H groups in total. The van der Waals surface area contributed by atoms with Crippen LogP contribution in [0.25, 0.3) is 0 Å². The molecule has 2 aromatic rings. The summed E-state index contributed by atoms with van der Waals surface area (Å²) in [5, 5.41) is 4.52. The third-order valence-electron chi connectivity index (χ3n) is 3.46. The van der Waals surface area contributed by atoms with Gasteiger partial charge in [-0.25, -0.2) is 0 Å². The second-order valence-corrected chi connectivity index (χ2v) is 7.03. The van der Waals surface area contributed by atoms with Crippen molar-refractivity contribution in [3.05, 3.63) is 44.6 Å². The predicted octanol–water partition coefficient (Wildman–Crippen LogP) is 3.15. The van der Waals surface area contributed by atoms with Gasteiger partial charge in [-0.1, -0.05) is 22.0 Å². The minimum atomic E-state index is -0.381. The molecule has 1 amide bonds. The topological polar surface area (TPSA) is 73.9 Å². The summed E-state index contributed by atoms with van der Waals surface area (Å²) in [6.07, 6.45) is 0.110. The molecule has 0 radical (unpaired) electrons. The molecular formula is C17H16BrNO5S. The average molecular weight is 426 g/mol. The number of benzene rings is 1. The minimum Gasteiger partial charge on any atom is -0.486 e. The summed E-state index contributed by atoms with van der Waals surface area (Å²) in [5.74, 6) is 0.749. The van der Waals surface area contributed by atoms with E-state index in [4.69, 9.17) is 14.2 Å². The highest BCUT2D eigenvalue weighted by atomic mass is 79.9. The lowest BCUT2D eigenvalue weighted by molar-refractivity contribution is -0.144. The number of nitrogens with one attached hydrogen (secondary N) is 1. The van der Waals surface area contributed by atoms with Gasteiger partial charge in [-0.05, 0) is 23.6 Å². The number of esters is 1. The molecule has 25 heavy (non-hydrogen) atoms. The van der Waals surface area contributed by atoms with Crippen LogP contribution in [-0.4, -0.2) is 31.6 Å². The van der Waals surface area contributed by atoms with Crippen LogP contribution in [0.2, 0.25) is 0 Å². The fourth-order valence-electron chi connectivity index (χ4n) is 2.22. The van der Waals surface area contributed by atoms with E-state index in [0.717, 1.165) is 10.0 Å². The lowest BCUT2D eigenvalue weighted by atomic mass is 10.2. The van der Waals surface area contributed by atoms with E-state index in [0.29, 0.717) is 29.6 Å². The molecule has 1 aliphatic rings. The van der Waals surface area contributed by atoms with E-state index in [9.17, 15) is 9.59 Å². The first-order valence-electron chi connectivity index (χ1n) is 7.69. The first-order valence-corrected chi connectivity index (χ1v) is 9.36. The summed E-state index contributed by atoms with van der Waals surface area (Å²) in [6, 6.07) is 7.14. The molecular weight excluding hydrogens is 410 g/mol. The maximum atomic E-state index is 11.8. The quantitative estimate of drug-likeness (QED) is 0.719. The van der Waals surface area contributed by atoms with E-state index < -0.39 is 0 Å². The van der Waals surface area contributed by atoms with Gasteiger partial charge in [-0.15, -0.1) is 11.3 Å². The van der Waals surface area contributed by atoms with Crippen LogP contribution in [0.3, 0.4) is 0 Å². The molecule has 1 aromatic carbocycles. The van der Waals surface area contributed by atoms with Gasteiger partial charge in [0, 0.05) is 16.6 Å². The number of thiophene rings is 1. The molecule has 3 rings (SSSR count).